The van der Waals surface area contributed by atoms with Gasteiger partial charge in [-0.05, 0) is 33.2 Å². The molecular formula is C12H21N3O. The van der Waals surface area contributed by atoms with Crippen molar-refractivity contribution in [2.45, 2.75) is 38.8 Å². The number of rotatable bonds is 3. The van der Waals surface area contributed by atoms with E-state index in [0.717, 1.165) is 19.4 Å². The number of ether oxygens (including phenoxy) is 1. The molecule has 0 aliphatic carbocycles. The van der Waals surface area contributed by atoms with Crippen molar-refractivity contribution in [2.75, 3.05) is 13.2 Å². The van der Waals surface area contributed by atoms with Crippen LogP contribution in [0.15, 0.2) is 12.4 Å². The van der Waals surface area contributed by atoms with Gasteiger partial charge in [-0.1, -0.05) is 0 Å². The van der Waals surface area contributed by atoms with Crippen LogP contribution in [0.4, 0.5) is 0 Å². The van der Waals surface area contributed by atoms with Crippen molar-refractivity contribution in [2.24, 2.45) is 11.7 Å². The number of hydrogen-bond acceptors (Lipinski definition) is 3. The Labute approximate surface area is 96.8 Å². The van der Waals surface area contributed by atoms with Gasteiger partial charge in [0.15, 0.2) is 0 Å². The minimum atomic E-state index is 0.145. The molecular weight excluding hydrogens is 202 g/mol. The lowest BCUT2D eigenvalue weighted by atomic mass is 9.91. The van der Waals surface area contributed by atoms with Crippen molar-refractivity contribution in [1.29, 1.82) is 0 Å². The summed E-state index contributed by atoms with van der Waals surface area (Å²) < 4.78 is 7.80. The molecule has 0 amide bonds. The highest BCUT2D eigenvalue weighted by Crippen LogP contribution is 2.32. The predicted molar refractivity (Wildman–Crippen MR) is 63.1 cm³/mol. The molecule has 0 spiro atoms. The molecule has 1 aliphatic rings. The van der Waals surface area contributed by atoms with Gasteiger partial charge in [-0.3, -0.25) is 4.68 Å². The van der Waals surface area contributed by atoms with Gasteiger partial charge in [0.2, 0.25) is 0 Å². The maximum atomic E-state index is 5.83. The van der Waals surface area contributed by atoms with Crippen LogP contribution in [-0.2, 0) is 4.74 Å². The molecule has 0 aromatic carbocycles. The Morgan fingerprint density at radius 2 is 2.44 bits per heavy atom. The molecule has 2 N–H and O–H groups in total. The Morgan fingerprint density at radius 1 is 1.62 bits per heavy atom. The molecule has 4 nitrogen and oxygen atoms in total. The highest BCUT2D eigenvalue weighted by molar-refractivity contribution is 5.11. The third-order valence-corrected chi connectivity index (χ3v) is 3.23. The standard InChI is InChI=1S/C12H21N3O/c1-9(2)15-8-11(7-14-15)12-10(6-13)4-3-5-16-12/h7-10,12H,3-6,13H2,1-2H3. The van der Waals surface area contributed by atoms with Crippen LogP contribution in [0, 0.1) is 5.92 Å². The molecule has 0 saturated carbocycles. The van der Waals surface area contributed by atoms with Crippen LogP contribution >= 0.6 is 0 Å². The lowest BCUT2D eigenvalue weighted by Gasteiger charge is -2.30. The van der Waals surface area contributed by atoms with Crippen LogP contribution in [0.3, 0.4) is 0 Å². The van der Waals surface area contributed by atoms with Crippen LogP contribution in [0.2, 0.25) is 0 Å². The zero-order valence-corrected chi connectivity index (χ0v) is 10.1. The number of hydrogen-bond donors (Lipinski definition) is 1. The molecule has 0 bridgehead atoms. The Hall–Kier alpha value is -0.870. The van der Waals surface area contributed by atoms with Gasteiger partial charge < -0.3 is 10.5 Å². The van der Waals surface area contributed by atoms with Crippen LogP contribution in [0.5, 0.6) is 0 Å². The molecule has 2 rings (SSSR count). The lowest BCUT2D eigenvalue weighted by molar-refractivity contribution is -0.0252. The molecule has 0 radical (unpaired) electrons. The maximum absolute atomic E-state index is 5.83. The fraction of sp³-hybridized carbons (Fsp3) is 0.750. The maximum Gasteiger partial charge on any atom is 0.0895 e. The van der Waals surface area contributed by atoms with E-state index in [0.29, 0.717) is 18.5 Å². The summed E-state index contributed by atoms with van der Waals surface area (Å²) in [6.45, 7) is 5.78. The summed E-state index contributed by atoms with van der Waals surface area (Å²) in [5.41, 5.74) is 6.96. The van der Waals surface area contributed by atoms with Crippen molar-refractivity contribution in [3.63, 3.8) is 0 Å². The second-order valence-corrected chi connectivity index (χ2v) is 4.78. The fourth-order valence-corrected chi connectivity index (χ4v) is 2.24. The quantitative estimate of drug-likeness (QED) is 0.851. The lowest BCUT2D eigenvalue weighted by Crippen LogP contribution is -2.28. The van der Waals surface area contributed by atoms with Gasteiger partial charge in [0.25, 0.3) is 0 Å². The molecule has 1 saturated heterocycles. The molecule has 16 heavy (non-hydrogen) atoms. The SMILES string of the molecule is CC(C)n1cc(C2OCCCC2CN)cn1. The fourth-order valence-electron chi connectivity index (χ4n) is 2.24. The summed E-state index contributed by atoms with van der Waals surface area (Å²) in [6.07, 6.45) is 6.43. The first kappa shape index (κ1) is 11.6. The summed E-state index contributed by atoms with van der Waals surface area (Å²) >= 11 is 0. The summed E-state index contributed by atoms with van der Waals surface area (Å²) in [6, 6.07) is 0.397. The summed E-state index contributed by atoms with van der Waals surface area (Å²) in [7, 11) is 0. The van der Waals surface area contributed by atoms with Crippen LogP contribution in [-0.4, -0.2) is 22.9 Å². The summed E-state index contributed by atoms with van der Waals surface area (Å²) in [4.78, 5) is 0. The first-order chi connectivity index (χ1) is 7.72. The normalized spacial score (nSPS) is 26.2. The van der Waals surface area contributed by atoms with E-state index in [-0.39, 0.29) is 6.10 Å². The zero-order chi connectivity index (χ0) is 11.5. The van der Waals surface area contributed by atoms with E-state index in [2.05, 4.69) is 25.1 Å². The van der Waals surface area contributed by atoms with Gasteiger partial charge in [-0.15, -0.1) is 0 Å². The average Bonchev–Trinajstić information content (AvgIpc) is 2.78. The molecule has 1 aromatic rings. The molecule has 1 fully saturated rings. The van der Waals surface area contributed by atoms with E-state index in [4.69, 9.17) is 10.5 Å². The molecule has 1 aromatic heterocycles. The van der Waals surface area contributed by atoms with Crippen molar-refractivity contribution >= 4 is 0 Å². The molecule has 90 valence electrons. The number of aromatic nitrogens is 2. The van der Waals surface area contributed by atoms with Crippen LogP contribution in [0.1, 0.15) is 44.4 Å². The molecule has 2 unspecified atom stereocenters. The van der Waals surface area contributed by atoms with Gasteiger partial charge in [0.1, 0.15) is 0 Å². The summed E-state index contributed by atoms with van der Waals surface area (Å²) in [5.74, 6) is 0.443. The first-order valence-electron chi connectivity index (χ1n) is 6.08. The van der Waals surface area contributed by atoms with Gasteiger partial charge in [-0.25, -0.2) is 0 Å². The first-order valence-corrected chi connectivity index (χ1v) is 6.08. The molecule has 2 atom stereocenters. The minimum absolute atomic E-state index is 0.145. The van der Waals surface area contributed by atoms with Crippen LogP contribution < -0.4 is 5.73 Å². The second kappa shape index (κ2) is 4.97. The Morgan fingerprint density at radius 3 is 3.06 bits per heavy atom. The van der Waals surface area contributed by atoms with Gasteiger partial charge in [-0.2, -0.15) is 5.10 Å². The molecule has 4 heteroatoms. The smallest absolute Gasteiger partial charge is 0.0895 e. The van der Waals surface area contributed by atoms with Gasteiger partial charge in [0.05, 0.1) is 12.3 Å². The molecule has 2 heterocycles. The van der Waals surface area contributed by atoms with Gasteiger partial charge in [0, 0.05) is 30.3 Å². The third-order valence-electron chi connectivity index (χ3n) is 3.23. The summed E-state index contributed by atoms with van der Waals surface area (Å²) in [5, 5.41) is 4.36. The zero-order valence-electron chi connectivity index (χ0n) is 10.1. The monoisotopic (exact) mass is 223 g/mol. The van der Waals surface area contributed by atoms with E-state index < -0.39 is 0 Å². The van der Waals surface area contributed by atoms with Crippen molar-refractivity contribution in [3.8, 4) is 0 Å². The van der Waals surface area contributed by atoms with Gasteiger partial charge >= 0.3 is 0 Å². The van der Waals surface area contributed by atoms with E-state index in [1.54, 1.807) is 0 Å². The number of nitrogens with zero attached hydrogens (tertiary/aromatic N) is 2. The van der Waals surface area contributed by atoms with Crippen LogP contribution in [0.25, 0.3) is 0 Å². The van der Waals surface area contributed by atoms with Crippen molar-refractivity contribution in [3.05, 3.63) is 18.0 Å². The van der Waals surface area contributed by atoms with E-state index in [1.165, 1.54) is 5.56 Å². The number of nitrogens with two attached hydrogens (primary N) is 1. The van der Waals surface area contributed by atoms with E-state index in [1.807, 2.05) is 10.9 Å². The second-order valence-electron chi connectivity index (χ2n) is 4.78. The van der Waals surface area contributed by atoms with E-state index >= 15 is 0 Å². The molecule has 1 aliphatic heterocycles. The Kier molecular flexibility index (Phi) is 3.61. The Balaban J connectivity index is 2.14. The van der Waals surface area contributed by atoms with Crippen molar-refractivity contribution in [1.82, 2.24) is 9.78 Å². The average molecular weight is 223 g/mol. The van der Waals surface area contributed by atoms with E-state index in [9.17, 15) is 0 Å². The topological polar surface area (TPSA) is 53.1 Å². The highest BCUT2D eigenvalue weighted by atomic mass is 16.5. The highest BCUT2D eigenvalue weighted by Gasteiger charge is 2.27. The largest absolute Gasteiger partial charge is 0.373 e. The van der Waals surface area contributed by atoms with Crippen molar-refractivity contribution < 1.29 is 4.74 Å². The Bertz CT molecular complexity index is 335. The third kappa shape index (κ3) is 2.28. The minimum Gasteiger partial charge on any atom is -0.373 e. The predicted octanol–water partition coefficient (Wildman–Crippen LogP) is 1.89.